The Balaban J connectivity index is 2.57. The van der Waals surface area contributed by atoms with E-state index in [2.05, 4.69) is 6.08 Å². The second kappa shape index (κ2) is 7.25. The van der Waals surface area contributed by atoms with Crippen molar-refractivity contribution < 1.29 is 19.4 Å². The largest absolute Gasteiger partial charge is 0.481 e. The summed E-state index contributed by atoms with van der Waals surface area (Å²) in [4.78, 5) is 10.7. The highest BCUT2D eigenvalue weighted by Crippen LogP contribution is 2.22. The summed E-state index contributed by atoms with van der Waals surface area (Å²) in [5.41, 5.74) is 1.06. The van der Waals surface area contributed by atoms with E-state index >= 15 is 0 Å². The predicted octanol–water partition coefficient (Wildman–Crippen LogP) is 2.36. The fourth-order valence-corrected chi connectivity index (χ4v) is 1.68. The van der Waals surface area contributed by atoms with Gasteiger partial charge in [-0.1, -0.05) is 25.2 Å². The molecule has 0 unspecified atom stereocenters. The first-order chi connectivity index (χ1) is 8.15. The Morgan fingerprint density at radius 2 is 2.47 bits per heavy atom. The minimum absolute atomic E-state index is 0.0287. The van der Waals surface area contributed by atoms with Gasteiger partial charge in [0.05, 0.1) is 12.0 Å². The van der Waals surface area contributed by atoms with Crippen LogP contribution in [0.25, 0.3) is 0 Å². The molecule has 0 radical (unpaired) electrons. The van der Waals surface area contributed by atoms with Gasteiger partial charge in [0, 0.05) is 7.11 Å². The molecule has 1 aliphatic rings. The molecule has 0 heterocycles. The highest BCUT2D eigenvalue weighted by atomic mass is 16.7. The zero-order valence-corrected chi connectivity index (χ0v) is 10.4. The van der Waals surface area contributed by atoms with Gasteiger partial charge in [-0.05, 0) is 24.8 Å². The number of hydrogen-bond donors (Lipinski definition) is 1. The molecule has 0 amide bonds. The van der Waals surface area contributed by atoms with Crippen LogP contribution in [0.2, 0.25) is 0 Å². The van der Waals surface area contributed by atoms with Crippen LogP contribution < -0.4 is 0 Å². The molecule has 0 saturated carbocycles. The predicted molar refractivity (Wildman–Crippen MR) is 64.6 cm³/mol. The van der Waals surface area contributed by atoms with Crippen molar-refractivity contribution in [2.75, 3.05) is 13.9 Å². The number of methoxy groups -OCH3 is 1. The maximum absolute atomic E-state index is 10.7. The zero-order valence-electron chi connectivity index (χ0n) is 10.4. The lowest BCUT2D eigenvalue weighted by Crippen LogP contribution is -2.19. The fourth-order valence-electron chi connectivity index (χ4n) is 1.68. The number of ether oxygens (including phenoxy) is 2. The summed E-state index contributed by atoms with van der Waals surface area (Å²) in [7, 11) is 1.59. The Bertz CT molecular complexity index is 307. The average molecular weight is 240 g/mol. The Labute approximate surface area is 102 Å². The van der Waals surface area contributed by atoms with Crippen molar-refractivity contribution in [1.82, 2.24) is 0 Å². The maximum atomic E-state index is 10.7. The number of carbonyl (C=O) groups is 1. The minimum Gasteiger partial charge on any atom is -0.481 e. The summed E-state index contributed by atoms with van der Waals surface area (Å²) in [6.45, 7) is 1.97. The molecular formula is C13H20O4. The lowest BCUT2D eigenvalue weighted by Gasteiger charge is -2.21. The highest BCUT2D eigenvalue weighted by molar-refractivity contribution is 5.69. The fraction of sp³-hybridized carbons (Fsp3) is 0.615. The van der Waals surface area contributed by atoms with Crippen LogP contribution >= 0.6 is 0 Å². The standard InChI is InChI=1S/C13H20O4/c1-10(13(14)15)7-8-11-5-3-4-6-12(11)17-9-16-2/h3,5,8,10,12H,4,6-7,9H2,1-2H3,(H,14,15)/b11-8+/t10-,12+/m0/s1. The SMILES string of the molecule is COCO[C@@H]1CCC=C/C1=C\C[C@H](C)C(=O)O. The first kappa shape index (κ1) is 13.9. The number of carboxylic acids is 1. The molecule has 0 aromatic carbocycles. The van der Waals surface area contributed by atoms with Crippen molar-refractivity contribution in [2.45, 2.75) is 32.3 Å². The monoisotopic (exact) mass is 240 g/mol. The Hall–Kier alpha value is -1.13. The van der Waals surface area contributed by atoms with Crippen LogP contribution in [0.1, 0.15) is 26.2 Å². The number of allylic oxidation sites excluding steroid dienone is 2. The Kier molecular flexibility index (Phi) is 5.94. The lowest BCUT2D eigenvalue weighted by atomic mass is 9.96. The summed E-state index contributed by atoms with van der Waals surface area (Å²) in [5, 5.41) is 8.82. The van der Waals surface area contributed by atoms with Crippen molar-refractivity contribution in [1.29, 1.82) is 0 Å². The third-order valence-electron chi connectivity index (χ3n) is 2.79. The van der Waals surface area contributed by atoms with Gasteiger partial charge >= 0.3 is 5.97 Å². The Morgan fingerprint density at radius 3 is 3.12 bits per heavy atom. The van der Waals surface area contributed by atoms with E-state index in [0.29, 0.717) is 6.42 Å². The van der Waals surface area contributed by atoms with Crippen molar-refractivity contribution in [3.05, 3.63) is 23.8 Å². The van der Waals surface area contributed by atoms with Crippen LogP contribution in [0, 0.1) is 5.92 Å². The molecule has 4 heteroatoms. The maximum Gasteiger partial charge on any atom is 0.306 e. The van der Waals surface area contributed by atoms with Crippen LogP contribution in [0.15, 0.2) is 23.8 Å². The van der Waals surface area contributed by atoms with Crippen LogP contribution in [-0.2, 0) is 14.3 Å². The van der Waals surface area contributed by atoms with E-state index in [1.54, 1.807) is 14.0 Å². The van der Waals surface area contributed by atoms with E-state index in [-0.39, 0.29) is 18.8 Å². The van der Waals surface area contributed by atoms with Gasteiger partial charge in [-0.2, -0.15) is 0 Å². The van der Waals surface area contributed by atoms with E-state index in [0.717, 1.165) is 18.4 Å². The van der Waals surface area contributed by atoms with Crippen molar-refractivity contribution in [2.24, 2.45) is 5.92 Å². The molecule has 0 aromatic rings. The Morgan fingerprint density at radius 1 is 1.71 bits per heavy atom. The quantitative estimate of drug-likeness (QED) is 0.724. The number of hydrogen-bond acceptors (Lipinski definition) is 3. The first-order valence-electron chi connectivity index (χ1n) is 5.85. The van der Waals surface area contributed by atoms with Crippen molar-refractivity contribution in [3.63, 3.8) is 0 Å². The first-order valence-corrected chi connectivity index (χ1v) is 5.85. The van der Waals surface area contributed by atoms with Gasteiger partial charge in [-0.3, -0.25) is 4.79 Å². The minimum atomic E-state index is -0.768. The molecule has 2 atom stereocenters. The number of carboxylic acid groups (broad SMARTS) is 1. The molecular weight excluding hydrogens is 220 g/mol. The van der Waals surface area contributed by atoms with Gasteiger partial charge in [0.15, 0.2) is 0 Å². The second-order valence-electron chi connectivity index (χ2n) is 4.22. The van der Waals surface area contributed by atoms with E-state index in [1.165, 1.54) is 0 Å². The van der Waals surface area contributed by atoms with Gasteiger partial charge in [0.25, 0.3) is 0 Å². The van der Waals surface area contributed by atoms with E-state index < -0.39 is 5.97 Å². The van der Waals surface area contributed by atoms with Crippen LogP contribution in [0.5, 0.6) is 0 Å². The molecule has 4 nitrogen and oxygen atoms in total. The summed E-state index contributed by atoms with van der Waals surface area (Å²) >= 11 is 0. The van der Waals surface area contributed by atoms with Crippen molar-refractivity contribution >= 4 is 5.97 Å². The molecule has 0 fully saturated rings. The van der Waals surface area contributed by atoms with E-state index in [1.807, 2.05) is 12.2 Å². The highest BCUT2D eigenvalue weighted by Gasteiger charge is 2.17. The molecule has 1 rings (SSSR count). The lowest BCUT2D eigenvalue weighted by molar-refractivity contribution is -0.141. The molecule has 0 aliphatic heterocycles. The normalized spacial score (nSPS) is 23.9. The molecule has 96 valence electrons. The van der Waals surface area contributed by atoms with Gasteiger partial charge in [-0.25, -0.2) is 0 Å². The molecule has 1 N–H and O–H groups in total. The van der Waals surface area contributed by atoms with Crippen LogP contribution in [-0.4, -0.2) is 31.1 Å². The topological polar surface area (TPSA) is 55.8 Å². The van der Waals surface area contributed by atoms with Gasteiger partial charge in [-0.15, -0.1) is 0 Å². The molecule has 0 aromatic heterocycles. The zero-order chi connectivity index (χ0) is 12.7. The third kappa shape index (κ3) is 4.71. The molecule has 1 aliphatic carbocycles. The summed E-state index contributed by atoms with van der Waals surface area (Å²) in [5.74, 6) is -1.13. The van der Waals surface area contributed by atoms with Crippen LogP contribution in [0.3, 0.4) is 0 Å². The molecule has 17 heavy (non-hydrogen) atoms. The third-order valence-corrected chi connectivity index (χ3v) is 2.79. The summed E-state index contributed by atoms with van der Waals surface area (Å²) < 4.78 is 10.4. The van der Waals surface area contributed by atoms with E-state index in [4.69, 9.17) is 14.6 Å². The van der Waals surface area contributed by atoms with Gasteiger partial charge in [0.2, 0.25) is 0 Å². The summed E-state index contributed by atoms with van der Waals surface area (Å²) in [6, 6.07) is 0. The molecule has 0 saturated heterocycles. The van der Waals surface area contributed by atoms with Gasteiger partial charge in [0.1, 0.15) is 6.79 Å². The number of rotatable bonds is 6. The average Bonchev–Trinajstić information content (AvgIpc) is 2.34. The summed E-state index contributed by atoms with van der Waals surface area (Å²) in [6.07, 6.45) is 8.52. The molecule has 0 spiro atoms. The second-order valence-corrected chi connectivity index (χ2v) is 4.22. The number of aliphatic carboxylic acids is 1. The molecule has 0 bridgehead atoms. The van der Waals surface area contributed by atoms with E-state index in [9.17, 15) is 4.79 Å². The van der Waals surface area contributed by atoms with Crippen molar-refractivity contribution in [3.8, 4) is 0 Å². The smallest absolute Gasteiger partial charge is 0.306 e. The van der Waals surface area contributed by atoms with Crippen LogP contribution in [0.4, 0.5) is 0 Å². The van der Waals surface area contributed by atoms with Gasteiger partial charge < -0.3 is 14.6 Å².